The second-order valence-electron chi connectivity index (χ2n) is 6.13. The first-order valence-electron chi connectivity index (χ1n) is 7.82. The Morgan fingerprint density at radius 2 is 1.68 bits per heavy atom. The van der Waals surface area contributed by atoms with Crippen LogP contribution in [-0.2, 0) is 21.1 Å². The van der Waals surface area contributed by atoms with Gasteiger partial charge in [-0.2, -0.15) is 0 Å². The minimum atomic E-state index is -3.30. The van der Waals surface area contributed by atoms with Crippen LogP contribution in [0.5, 0.6) is 0 Å². The summed E-state index contributed by atoms with van der Waals surface area (Å²) in [5, 5.41) is 2.24. The van der Waals surface area contributed by atoms with Gasteiger partial charge in [0.1, 0.15) is 0 Å². The summed E-state index contributed by atoms with van der Waals surface area (Å²) in [4.78, 5) is 22.4. The van der Waals surface area contributed by atoms with Gasteiger partial charge in [-0.05, 0) is 31.5 Å². The molecule has 1 amide bonds. The number of aromatic nitrogens is 2. The van der Waals surface area contributed by atoms with Crippen molar-refractivity contribution in [3.8, 4) is 0 Å². The van der Waals surface area contributed by atoms with Crippen molar-refractivity contribution in [3.63, 3.8) is 0 Å². The van der Waals surface area contributed by atoms with Crippen LogP contribution < -0.4 is 10.2 Å². The maximum absolute atomic E-state index is 12.1. The smallest absolute Gasteiger partial charge is 0.228 e. The van der Waals surface area contributed by atoms with Crippen molar-refractivity contribution < 1.29 is 13.2 Å². The number of nitrogens with zero attached hydrogens (tertiary/aromatic N) is 3. The van der Waals surface area contributed by atoms with E-state index >= 15 is 0 Å². The Bertz CT molecular complexity index is 829. The second kappa shape index (κ2) is 7.60. The quantitative estimate of drug-likeness (QED) is 0.844. The molecule has 0 unspecified atom stereocenters. The molecule has 25 heavy (non-hydrogen) atoms. The first-order chi connectivity index (χ1) is 11.7. The average molecular weight is 362 g/mol. The summed E-state index contributed by atoms with van der Waals surface area (Å²) in [6, 6.07) is 6.38. The maximum Gasteiger partial charge on any atom is 0.228 e. The van der Waals surface area contributed by atoms with Crippen molar-refractivity contribution >= 4 is 27.4 Å². The van der Waals surface area contributed by atoms with Crippen LogP contribution in [0.4, 0.5) is 11.6 Å². The molecule has 0 aliphatic rings. The molecule has 0 spiro atoms. The van der Waals surface area contributed by atoms with Gasteiger partial charge in [0.15, 0.2) is 9.84 Å². The molecule has 0 aliphatic heterocycles. The lowest BCUT2D eigenvalue weighted by Crippen LogP contribution is -2.17. The van der Waals surface area contributed by atoms with Gasteiger partial charge in [-0.25, -0.2) is 18.4 Å². The van der Waals surface area contributed by atoms with Crippen molar-refractivity contribution in [2.24, 2.45) is 0 Å². The second-order valence-corrected chi connectivity index (χ2v) is 8.63. The minimum absolute atomic E-state index is 0.136. The molecular formula is C17H22N4O3S. The summed E-state index contributed by atoms with van der Waals surface area (Å²) < 4.78 is 24.2. The Kier molecular flexibility index (Phi) is 5.73. The Balaban J connectivity index is 2.01. The first kappa shape index (κ1) is 18.9. The van der Waals surface area contributed by atoms with Gasteiger partial charge < -0.3 is 10.2 Å². The van der Waals surface area contributed by atoms with Crippen molar-refractivity contribution in [1.82, 2.24) is 9.97 Å². The number of hydrogen-bond acceptors (Lipinski definition) is 6. The van der Waals surface area contributed by atoms with E-state index in [9.17, 15) is 13.2 Å². The summed E-state index contributed by atoms with van der Waals surface area (Å²) in [6.07, 6.45) is 3.22. The molecule has 7 nitrogen and oxygen atoms in total. The molecule has 0 aliphatic carbocycles. The number of nitrogens with one attached hydrogen (secondary N) is 1. The van der Waals surface area contributed by atoms with E-state index in [0.717, 1.165) is 5.56 Å². The maximum atomic E-state index is 12.1. The molecule has 1 N–H and O–H groups in total. The third-order valence-electron chi connectivity index (χ3n) is 3.56. The van der Waals surface area contributed by atoms with E-state index in [0.29, 0.717) is 11.6 Å². The summed E-state index contributed by atoms with van der Waals surface area (Å²) >= 11 is 0. The summed E-state index contributed by atoms with van der Waals surface area (Å²) in [5.74, 6) is 0.334. The minimum Gasteiger partial charge on any atom is -0.347 e. The zero-order valence-electron chi connectivity index (χ0n) is 14.7. The van der Waals surface area contributed by atoms with Crippen LogP contribution in [0.3, 0.4) is 0 Å². The van der Waals surface area contributed by atoms with Gasteiger partial charge in [0.2, 0.25) is 11.9 Å². The third kappa shape index (κ3) is 4.76. The van der Waals surface area contributed by atoms with E-state index in [1.807, 2.05) is 14.1 Å². The molecule has 134 valence electrons. The average Bonchev–Trinajstić information content (AvgIpc) is 2.55. The van der Waals surface area contributed by atoms with Gasteiger partial charge in [0, 0.05) is 14.1 Å². The molecule has 0 atom stereocenters. The molecule has 8 heteroatoms. The number of carbonyl (C=O) groups is 1. The van der Waals surface area contributed by atoms with Gasteiger partial charge in [0.25, 0.3) is 0 Å². The normalized spacial score (nSPS) is 11.4. The van der Waals surface area contributed by atoms with Gasteiger partial charge in [-0.15, -0.1) is 0 Å². The number of amides is 1. The SMILES string of the molecule is CC(C)S(=O)(=O)c1ccc(CC(=O)Nc2cnc(N(C)C)nc2)cc1. The highest BCUT2D eigenvalue weighted by Gasteiger charge is 2.18. The molecule has 1 aromatic carbocycles. The van der Waals surface area contributed by atoms with E-state index in [1.165, 1.54) is 12.1 Å². The fourth-order valence-electron chi connectivity index (χ4n) is 2.08. The van der Waals surface area contributed by atoms with Crippen LogP contribution >= 0.6 is 0 Å². The molecule has 0 saturated carbocycles. The summed E-state index contributed by atoms with van der Waals surface area (Å²) in [5.41, 5.74) is 1.24. The summed E-state index contributed by atoms with van der Waals surface area (Å²) in [6.45, 7) is 3.28. The predicted molar refractivity (Wildman–Crippen MR) is 97.5 cm³/mol. The standard InChI is InChI=1S/C17H22N4O3S/c1-12(2)25(23,24)15-7-5-13(6-8-15)9-16(22)20-14-10-18-17(19-11-14)21(3)4/h5-8,10-12H,9H2,1-4H3,(H,20,22). The van der Waals surface area contributed by atoms with Gasteiger partial charge >= 0.3 is 0 Å². The van der Waals surface area contributed by atoms with Gasteiger partial charge in [-0.1, -0.05) is 12.1 Å². The van der Waals surface area contributed by atoms with Crippen molar-refractivity contribution in [1.29, 1.82) is 0 Å². The third-order valence-corrected chi connectivity index (χ3v) is 5.73. The first-order valence-corrected chi connectivity index (χ1v) is 9.37. The molecule has 0 fully saturated rings. The molecular weight excluding hydrogens is 340 g/mol. The zero-order valence-corrected chi connectivity index (χ0v) is 15.5. The Hall–Kier alpha value is -2.48. The molecule has 2 rings (SSSR count). The van der Waals surface area contributed by atoms with E-state index in [-0.39, 0.29) is 17.2 Å². The van der Waals surface area contributed by atoms with Crippen LogP contribution in [-0.4, -0.2) is 43.6 Å². The number of carbonyl (C=O) groups excluding carboxylic acids is 1. The number of hydrogen-bond donors (Lipinski definition) is 1. The van der Waals surface area contributed by atoms with E-state index in [2.05, 4.69) is 15.3 Å². The van der Waals surface area contributed by atoms with Crippen molar-refractivity contribution in [3.05, 3.63) is 42.2 Å². The monoisotopic (exact) mass is 362 g/mol. The largest absolute Gasteiger partial charge is 0.347 e. The number of anilines is 2. The molecule has 1 aromatic heterocycles. The Morgan fingerprint density at radius 3 is 2.16 bits per heavy atom. The molecule has 0 radical (unpaired) electrons. The zero-order chi connectivity index (χ0) is 18.6. The Labute approximate surface area is 148 Å². The van der Waals surface area contributed by atoms with Crippen LogP contribution in [0.1, 0.15) is 19.4 Å². The highest BCUT2D eigenvalue weighted by molar-refractivity contribution is 7.92. The van der Waals surface area contributed by atoms with Crippen LogP contribution in [0, 0.1) is 0 Å². The number of benzene rings is 1. The summed E-state index contributed by atoms with van der Waals surface area (Å²) in [7, 11) is 0.357. The molecule has 0 saturated heterocycles. The van der Waals surface area contributed by atoms with Crippen LogP contribution in [0.2, 0.25) is 0 Å². The van der Waals surface area contributed by atoms with Crippen LogP contribution in [0.15, 0.2) is 41.6 Å². The topological polar surface area (TPSA) is 92.3 Å². The number of sulfone groups is 1. The Morgan fingerprint density at radius 1 is 1.12 bits per heavy atom. The van der Waals surface area contributed by atoms with Crippen molar-refractivity contribution in [2.45, 2.75) is 30.4 Å². The van der Waals surface area contributed by atoms with Gasteiger partial charge in [-0.3, -0.25) is 4.79 Å². The highest BCUT2D eigenvalue weighted by atomic mass is 32.2. The van der Waals surface area contributed by atoms with Crippen LogP contribution in [0.25, 0.3) is 0 Å². The fourth-order valence-corrected chi connectivity index (χ4v) is 3.14. The highest BCUT2D eigenvalue weighted by Crippen LogP contribution is 2.17. The molecule has 2 aromatic rings. The lowest BCUT2D eigenvalue weighted by atomic mass is 10.1. The van der Waals surface area contributed by atoms with Gasteiger partial charge in [0.05, 0.1) is 34.6 Å². The van der Waals surface area contributed by atoms with E-state index in [4.69, 9.17) is 0 Å². The van der Waals surface area contributed by atoms with E-state index < -0.39 is 15.1 Å². The lowest BCUT2D eigenvalue weighted by molar-refractivity contribution is -0.115. The lowest BCUT2D eigenvalue weighted by Gasteiger charge is -2.11. The molecule has 1 heterocycles. The fraction of sp³-hybridized carbons (Fsp3) is 0.353. The van der Waals surface area contributed by atoms with Crippen molar-refractivity contribution in [2.75, 3.05) is 24.3 Å². The van der Waals surface area contributed by atoms with E-state index in [1.54, 1.807) is 43.3 Å². The molecule has 0 bridgehead atoms. The predicted octanol–water partition coefficient (Wildman–Crippen LogP) is 1.91. The number of rotatable bonds is 6.